The zero-order valence-electron chi connectivity index (χ0n) is 8.21. The second-order valence-electron chi connectivity index (χ2n) is 3.96. The Morgan fingerprint density at radius 2 is 2.38 bits per heavy atom. The predicted molar refractivity (Wildman–Crippen MR) is 56.4 cm³/mol. The average molecular weight is 196 g/mol. The zero-order valence-corrected chi connectivity index (χ0v) is 9.03. The maximum Gasteiger partial charge on any atom is 0.177 e. The van der Waals surface area contributed by atoms with Gasteiger partial charge < -0.3 is 9.55 Å². The van der Waals surface area contributed by atoms with Crippen molar-refractivity contribution in [3.05, 3.63) is 16.7 Å². The number of imidazole rings is 1. The lowest BCUT2D eigenvalue weighted by atomic mass is 10.1. The SMILES string of the molecule is CCC(C1CC1)n1cc(C)[nH]c1=S. The first-order valence-electron chi connectivity index (χ1n) is 5.00. The summed E-state index contributed by atoms with van der Waals surface area (Å²) >= 11 is 5.27. The largest absolute Gasteiger partial charge is 0.335 e. The fourth-order valence-corrected chi connectivity index (χ4v) is 2.37. The normalized spacial score (nSPS) is 18.9. The number of rotatable bonds is 3. The van der Waals surface area contributed by atoms with Crippen LogP contribution in [0.15, 0.2) is 6.20 Å². The van der Waals surface area contributed by atoms with Crippen LogP contribution in [-0.2, 0) is 0 Å². The number of nitrogens with zero attached hydrogens (tertiary/aromatic N) is 1. The topological polar surface area (TPSA) is 20.7 Å². The van der Waals surface area contributed by atoms with Crippen molar-refractivity contribution in [1.29, 1.82) is 0 Å². The smallest absolute Gasteiger partial charge is 0.177 e. The van der Waals surface area contributed by atoms with Crippen LogP contribution in [0.5, 0.6) is 0 Å². The summed E-state index contributed by atoms with van der Waals surface area (Å²) < 4.78 is 3.12. The number of hydrogen-bond acceptors (Lipinski definition) is 1. The zero-order chi connectivity index (χ0) is 9.42. The van der Waals surface area contributed by atoms with Crippen LogP contribution in [-0.4, -0.2) is 9.55 Å². The average Bonchev–Trinajstić information content (AvgIpc) is 2.82. The van der Waals surface area contributed by atoms with Gasteiger partial charge in [0, 0.05) is 17.9 Å². The van der Waals surface area contributed by atoms with Crippen molar-refractivity contribution in [2.45, 2.75) is 39.2 Å². The number of nitrogens with one attached hydrogen (secondary N) is 1. The van der Waals surface area contributed by atoms with Crippen molar-refractivity contribution in [2.75, 3.05) is 0 Å². The third-order valence-electron chi connectivity index (χ3n) is 2.81. The minimum absolute atomic E-state index is 0.637. The van der Waals surface area contributed by atoms with Gasteiger partial charge in [0.1, 0.15) is 0 Å². The molecule has 72 valence electrons. The molecule has 0 radical (unpaired) electrons. The van der Waals surface area contributed by atoms with Gasteiger partial charge in [0.25, 0.3) is 0 Å². The quantitative estimate of drug-likeness (QED) is 0.736. The summed E-state index contributed by atoms with van der Waals surface area (Å²) in [6.45, 7) is 4.30. The molecule has 0 spiro atoms. The molecule has 0 bridgehead atoms. The van der Waals surface area contributed by atoms with Crippen LogP contribution in [0.4, 0.5) is 0 Å². The monoisotopic (exact) mass is 196 g/mol. The number of aromatic amines is 1. The van der Waals surface area contributed by atoms with Crippen molar-refractivity contribution in [3.8, 4) is 0 Å². The molecule has 1 heterocycles. The summed E-state index contributed by atoms with van der Waals surface area (Å²) in [6.07, 6.45) is 6.10. The molecule has 0 aromatic carbocycles. The third-order valence-corrected chi connectivity index (χ3v) is 3.13. The Hall–Kier alpha value is -0.570. The second kappa shape index (κ2) is 3.29. The highest BCUT2D eigenvalue weighted by atomic mass is 32.1. The van der Waals surface area contributed by atoms with E-state index in [1.54, 1.807) is 0 Å². The summed E-state index contributed by atoms with van der Waals surface area (Å²) in [7, 11) is 0. The molecule has 3 heteroatoms. The number of aromatic nitrogens is 2. The first-order valence-corrected chi connectivity index (χ1v) is 5.41. The molecule has 0 amide bonds. The van der Waals surface area contributed by atoms with E-state index in [-0.39, 0.29) is 0 Å². The van der Waals surface area contributed by atoms with Crippen molar-refractivity contribution in [2.24, 2.45) is 5.92 Å². The third kappa shape index (κ3) is 1.70. The van der Waals surface area contributed by atoms with Crippen molar-refractivity contribution < 1.29 is 0 Å². The molecule has 1 aromatic heterocycles. The molecular formula is C10H16N2S. The molecule has 1 aliphatic rings. The maximum absolute atomic E-state index is 5.27. The molecule has 13 heavy (non-hydrogen) atoms. The number of aryl methyl sites for hydroxylation is 1. The summed E-state index contributed by atoms with van der Waals surface area (Å²) in [4.78, 5) is 3.18. The second-order valence-corrected chi connectivity index (χ2v) is 4.35. The Morgan fingerprint density at radius 1 is 1.69 bits per heavy atom. The van der Waals surface area contributed by atoms with E-state index in [2.05, 4.69) is 29.6 Å². The van der Waals surface area contributed by atoms with Crippen LogP contribution < -0.4 is 0 Å². The van der Waals surface area contributed by atoms with E-state index in [0.29, 0.717) is 6.04 Å². The van der Waals surface area contributed by atoms with Crippen LogP contribution >= 0.6 is 12.2 Å². The fraction of sp³-hybridized carbons (Fsp3) is 0.700. The van der Waals surface area contributed by atoms with Gasteiger partial charge in [0.05, 0.1) is 0 Å². The standard InChI is InChI=1S/C10H16N2S/c1-3-9(8-4-5-8)12-6-7(2)11-10(12)13/h6,8-9H,3-5H2,1-2H3,(H,11,13). The van der Waals surface area contributed by atoms with Gasteiger partial charge in [-0.25, -0.2) is 0 Å². The highest BCUT2D eigenvalue weighted by molar-refractivity contribution is 7.71. The summed E-state index contributed by atoms with van der Waals surface area (Å²) in [5.74, 6) is 0.881. The van der Waals surface area contributed by atoms with E-state index in [1.807, 2.05) is 0 Å². The van der Waals surface area contributed by atoms with Gasteiger partial charge in [-0.2, -0.15) is 0 Å². The molecule has 1 saturated carbocycles. The predicted octanol–water partition coefficient (Wildman–Crippen LogP) is 3.22. The lowest BCUT2D eigenvalue weighted by Gasteiger charge is -2.15. The Morgan fingerprint density at radius 3 is 2.77 bits per heavy atom. The van der Waals surface area contributed by atoms with E-state index >= 15 is 0 Å². The van der Waals surface area contributed by atoms with Crippen LogP contribution in [0.2, 0.25) is 0 Å². The first-order chi connectivity index (χ1) is 6.22. The lowest BCUT2D eigenvalue weighted by Crippen LogP contribution is -2.08. The van der Waals surface area contributed by atoms with E-state index in [0.717, 1.165) is 10.7 Å². The molecule has 2 nitrogen and oxygen atoms in total. The molecule has 2 rings (SSSR count). The van der Waals surface area contributed by atoms with E-state index in [1.165, 1.54) is 25.0 Å². The Bertz CT molecular complexity index is 346. The lowest BCUT2D eigenvalue weighted by molar-refractivity contribution is 0.427. The highest BCUT2D eigenvalue weighted by Crippen LogP contribution is 2.41. The van der Waals surface area contributed by atoms with Gasteiger partial charge in [-0.15, -0.1) is 0 Å². The van der Waals surface area contributed by atoms with Gasteiger partial charge in [0.2, 0.25) is 0 Å². The molecule has 0 aliphatic heterocycles. The van der Waals surface area contributed by atoms with Crippen molar-refractivity contribution in [3.63, 3.8) is 0 Å². The van der Waals surface area contributed by atoms with Crippen LogP contribution in [0.25, 0.3) is 0 Å². The molecule has 1 atom stereocenters. The van der Waals surface area contributed by atoms with Gasteiger partial charge in [-0.3, -0.25) is 0 Å². The molecular weight excluding hydrogens is 180 g/mol. The van der Waals surface area contributed by atoms with Gasteiger partial charge in [-0.1, -0.05) is 6.92 Å². The summed E-state index contributed by atoms with van der Waals surface area (Å²) in [5, 5.41) is 0. The van der Waals surface area contributed by atoms with Crippen LogP contribution in [0, 0.1) is 17.6 Å². The summed E-state index contributed by atoms with van der Waals surface area (Å²) in [6, 6.07) is 0.637. The highest BCUT2D eigenvalue weighted by Gasteiger charge is 2.31. The van der Waals surface area contributed by atoms with Crippen molar-refractivity contribution in [1.82, 2.24) is 9.55 Å². The van der Waals surface area contributed by atoms with Crippen molar-refractivity contribution >= 4 is 12.2 Å². The Balaban J connectivity index is 2.31. The van der Waals surface area contributed by atoms with Gasteiger partial charge in [0.15, 0.2) is 4.77 Å². The molecule has 0 saturated heterocycles. The summed E-state index contributed by atoms with van der Waals surface area (Å²) in [5.41, 5.74) is 1.17. The molecule has 1 N–H and O–H groups in total. The van der Waals surface area contributed by atoms with Gasteiger partial charge in [-0.05, 0) is 44.3 Å². The molecule has 1 aromatic rings. The minimum Gasteiger partial charge on any atom is -0.335 e. The number of hydrogen-bond donors (Lipinski definition) is 1. The van der Waals surface area contributed by atoms with E-state index in [4.69, 9.17) is 12.2 Å². The molecule has 1 fully saturated rings. The Kier molecular flexibility index (Phi) is 2.28. The Labute approximate surface area is 84.0 Å². The van der Waals surface area contributed by atoms with Crippen LogP contribution in [0.3, 0.4) is 0 Å². The minimum atomic E-state index is 0.637. The maximum atomic E-state index is 5.27. The van der Waals surface area contributed by atoms with E-state index < -0.39 is 0 Å². The van der Waals surface area contributed by atoms with Gasteiger partial charge >= 0.3 is 0 Å². The van der Waals surface area contributed by atoms with Crippen LogP contribution in [0.1, 0.15) is 37.9 Å². The molecule has 1 aliphatic carbocycles. The molecule has 1 unspecified atom stereocenters. The number of H-pyrrole nitrogens is 1. The fourth-order valence-electron chi connectivity index (χ4n) is 2.02. The first kappa shape index (κ1) is 9.00. The van der Waals surface area contributed by atoms with E-state index in [9.17, 15) is 0 Å².